The Morgan fingerprint density at radius 2 is 1.95 bits per heavy atom. The van der Waals surface area contributed by atoms with Crippen molar-refractivity contribution in [3.63, 3.8) is 0 Å². The van der Waals surface area contributed by atoms with Crippen molar-refractivity contribution in [3.8, 4) is 0 Å². The summed E-state index contributed by atoms with van der Waals surface area (Å²) >= 11 is 0. The van der Waals surface area contributed by atoms with Crippen LogP contribution in [0.1, 0.15) is 34.7 Å². The van der Waals surface area contributed by atoms with E-state index in [9.17, 15) is 4.79 Å². The highest BCUT2D eigenvalue weighted by Crippen LogP contribution is 2.24. The number of carbonyl (C=O) groups is 1. The van der Waals surface area contributed by atoms with Gasteiger partial charge in [-0.3, -0.25) is 9.69 Å². The van der Waals surface area contributed by atoms with Gasteiger partial charge < -0.3 is 9.88 Å². The van der Waals surface area contributed by atoms with Gasteiger partial charge in [0.2, 0.25) is 0 Å². The normalized spacial score (nSPS) is 19.4. The molecule has 1 aromatic carbocycles. The monoisotopic (exact) mass is 297 g/mol. The van der Waals surface area contributed by atoms with Crippen LogP contribution in [0.3, 0.4) is 0 Å². The molecule has 1 amide bonds. The largest absolute Gasteiger partial charge is 0.354 e. The second-order valence-electron chi connectivity index (χ2n) is 5.91. The summed E-state index contributed by atoms with van der Waals surface area (Å²) < 4.78 is 0. The zero-order valence-corrected chi connectivity index (χ0v) is 13.2. The van der Waals surface area contributed by atoms with Crippen LogP contribution in [0.5, 0.6) is 0 Å². The average molecular weight is 297 g/mol. The van der Waals surface area contributed by atoms with E-state index in [1.807, 2.05) is 23.1 Å². The number of amides is 1. The summed E-state index contributed by atoms with van der Waals surface area (Å²) in [6.07, 6.45) is 0.919. The highest BCUT2D eigenvalue weighted by molar-refractivity contribution is 5.92. The van der Waals surface area contributed by atoms with Crippen molar-refractivity contribution in [1.82, 2.24) is 14.8 Å². The average Bonchev–Trinajstić information content (AvgIpc) is 3.04. The van der Waals surface area contributed by atoms with Gasteiger partial charge in [-0.25, -0.2) is 0 Å². The molecule has 0 radical (unpaired) electrons. The van der Waals surface area contributed by atoms with Gasteiger partial charge in [-0.1, -0.05) is 37.3 Å². The van der Waals surface area contributed by atoms with Crippen molar-refractivity contribution in [3.05, 3.63) is 59.4 Å². The van der Waals surface area contributed by atoms with Gasteiger partial charge in [0.25, 0.3) is 5.91 Å². The highest BCUT2D eigenvalue weighted by Gasteiger charge is 2.29. The fraction of sp³-hybridized carbons (Fsp3) is 0.389. The molecule has 2 heterocycles. The first kappa shape index (κ1) is 14.9. The number of likely N-dealkylation sites (N-methyl/N-ethyl adjacent to an activating group) is 1. The maximum atomic E-state index is 12.7. The Labute approximate surface area is 131 Å². The van der Waals surface area contributed by atoms with E-state index < -0.39 is 0 Å². The number of aromatic amines is 1. The van der Waals surface area contributed by atoms with E-state index in [4.69, 9.17) is 0 Å². The number of carbonyl (C=O) groups excluding carboxylic acids is 1. The molecule has 22 heavy (non-hydrogen) atoms. The summed E-state index contributed by atoms with van der Waals surface area (Å²) in [7, 11) is 2.13. The minimum Gasteiger partial charge on any atom is -0.354 e. The molecule has 1 saturated heterocycles. The second kappa shape index (κ2) is 6.36. The summed E-state index contributed by atoms with van der Waals surface area (Å²) in [5.41, 5.74) is 3.08. The molecule has 1 N–H and O–H groups in total. The Morgan fingerprint density at radius 3 is 2.64 bits per heavy atom. The number of hydrogen-bond donors (Lipinski definition) is 1. The molecule has 1 aromatic heterocycles. The van der Waals surface area contributed by atoms with Crippen LogP contribution in [0.2, 0.25) is 0 Å². The molecule has 0 bridgehead atoms. The quantitative estimate of drug-likeness (QED) is 0.946. The summed E-state index contributed by atoms with van der Waals surface area (Å²) in [5.74, 6) is 0.105. The van der Waals surface area contributed by atoms with Gasteiger partial charge in [0.05, 0.1) is 6.04 Å². The Kier molecular flexibility index (Phi) is 4.29. The van der Waals surface area contributed by atoms with E-state index in [1.165, 1.54) is 5.56 Å². The first-order chi connectivity index (χ1) is 10.7. The number of nitrogens with zero attached hydrogens (tertiary/aromatic N) is 2. The van der Waals surface area contributed by atoms with Crippen LogP contribution in [0.15, 0.2) is 42.5 Å². The SMILES string of the molecule is CCc1ccc(C(=O)N2CCN(C)[C@H](c3ccccc3)C2)[nH]1. The predicted octanol–water partition coefficient (Wildman–Crippen LogP) is 2.71. The standard InChI is InChI=1S/C18H23N3O/c1-3-15-9-10-16(19-15)18(22)21-12-11-20(2)17(13-21)14-7-5-4-6-8-14/h4-10,17,19H,3,11-13H2,1-2H3/t17-/m0/s1. The van der Waals surface area contributed by atoms with E-state index >= 15 is 0 Å². The molecule has 4 nitrogen and oxygen atoms in total. The minimum absolute atomic E-state index is 0.105. The minimum atomic E-state index is 0.105. The smallest absolute Gasteiger partial charge is 0.270 e. The van der Waals surface area contributed by atoms with Gasteiger partial charge in [0.15, 0.2) is 0 Å². The van der Waals surface area contributed by atoms with Gasteiger partial charge in [-0.2, -0.15) is 0 Å². The van der Waals surface area contributed by atoms with Crippen LogP contribution in [-0.4, -0.2) is 47.4 Å². The van der Waals surface area contributed by atoms with Crippen LogP contribution >= 0.6 is 0 Å². The molecular formula is C18H23N3O. The molecule has 2 aromatic rings. The lowest BCUT2D eigenvalue weighted by atomic mass is 10.0. The molecule has 1 atom stereocenters. The lowest BCUT2D eigenvalue weighted by molar-refractivity contribution is 0.0541. The van der Waals surface area contributed by atoms with Crippen LogP contribution in [0.25, 0.3) is 0 Å². The Balaban J connectivity index is 1.76. The number of piperazine rings is 1. The molecule has 1 aliphatic heterocycles. The number of H-pyrrole nitrogens is 1. The van der Waals surface area contributed by atoms with E-state index in [0.29, 0.717) is 5.69 Å². The number of aromatic nitrogens is 1. The molecule has 0 aliphatic carbocycles. The topological polar surface area (TPSA) is 39.3 Å². The van der Waals surface area contributed by atoms with E-state index in [2.05, 4.69) is 48.1 Å². The molecule has 3 rings (SSSR count). The van der Waals surface area contributed by atoms with Crippen LogP contribution in [0, 0.1) is 0 Å². The van der Waals surface area contributed by atoms with Crippen molar-refractivity contribution in [2.75, 3.05) is 26.7 Å². The number of benzene rings is 1. The zero-order valence-electron chi connectivity index (χ0n) is 13.2. The summed E-state index contributed by atoms with van der Waals surface area (Å²) in [6, 6.07) is 14.6. The molecule has 1 aliphatic rings. The van der Waals surface area contributed by atoms with Gasteiger partial charge in [-0.15, -0.1) is 0 Å². The van der Waals surface area contributed by atoms with Crippen molar-refractivity contribution in [2.24, 2.45) is 0 Å². The van der Waals surface area contributed by atoms with Gasteiger partial charge >= 0.3 is 0 Å². The van der Waals surface area contributed by atoms with Gasteiger partial charge in [0.1, 0.15) is 5.69 Å². The maximum absolute atomic E-state index is 12.7. The fourth-order valence-electron chi connectivity index (χ4n) is 3.03. The molecule has 0 spiro atoms. The third kappa shape index (κ3) is 2.92. The number of nitrogens with one attached hydrogen (secondary N) is 1. The van der Waals surface area contributed by atoms with E-state index in [1.54, 1.807) is 0 Å². The zero-order chi connectivity index (χ0) is 15.5. The van der Waals surface area contributed by atoms with Crippen LogP contribution in [-0.2, 0) is 6.42 Å². The van der Waals surface area contributed by atoms with E-state index in [-0.39, 0.29) is 11.9 Å². The van der Waals surface area contributed by atoms with Crippen molar-refractivity contribution in [2.45, 2.75) is 19.4 Å². The number of aryl methyl sites for hydroxylation is 1. The molecule has 116 valence electrons. The Morgan fingerprint density at radius 1 is 1.18 bits per heavy atom. The third-order valence-electron chi connectivity index (χ3n) is 4.48. The molecule has 0 unspecified atom stereocenters. The summed E-state index contributed by atoms with van der Waals surface area (Å²) in [5, 5.41) is 0. The van der Waals surface area contributed by atoms with Gasteiger partial charge in [0, 0.05) is 25.3 Å². The van der Waals surface area contributed by atoms with Gasteiger partial charge in [-0.05, 0) is 31.2 Å². The lowest BCUT2D eigenvalue weighted by Crippen LogP contribution is -2.49. The summed E-state index contributed by atoms with van der Waals surface area (Å²) in [4.78, 5) is 20.2. The van der Waals surface area contributed by atoms with Crippen molar-refractivity contribution in [1.29, 1.82) is 0 Å². The summed E-state index contributed by atoms with van der Waals surface area (Å²) in [6.45, 7) is 4.49. The Hall–Kier alpha value is -2.07. The first-order valence-corrected chi connectivity index (χ1v) is 7.91. The fourth-order valence-corrected chi connectivity index (χ4v) is 3.03. The van der Waals surface area contributed by atoms with Crippen molar-refractivity contribution >= 4 is 5.91 Å². The first-order valence-electron chi connectivity index (χ1n) is 7.91. The second-order valence-corrected chi connectivity index (χ2v) is 5.91. The molecule has 4 heteroatoms. The van der Waals surface area contributed by atoms with E-state index in [0.717, 1.165) is 31.7 Å². The molecule has 1 fully saturated rings. The Bertz CT molecular complexity index is 635. The van der Waals surface area contributed by atoms with Crippen LogP contribution in [0.4, 0.5) is 0 Å². The predicted molar refractivity (Wildman–Crippen MR) is 87.9 cm³/mol. The van der Waals surface area contributed by atoms with Crippen molar-refractivity contribution < 1.29 is 4.79 Å². The number of hydrogen-bond acceptors (Lipinski definition) is 2. The van der Waals surface area contributed by atoms with Crippen LogP contribution < -0.4 is 0 Å². The highest BCUT2D eigenvalue weighted by atomic mass is 16.2. The third-order valence-corrected chi connectivity index (χ3v) is 4.48. The lowest BCUT2D eigenvalue weighted by Gasteiger charge is -2.39. The maximum Gasteiger partial charge on any atom is 0.270 e. The number of rotatable bonds is 3. The molecular weight excluding hydrogens is 274 g/mol. The molecule has 0 saturated carbocycles.